The van der Waals surface area contributed by atoms with Gasteiger partial charge in [-0.25, -0.2) is 4.39 Å². The van der Waals surface area contributed by atoms with Crippen LogP contribution in [0.3, 0.4) is 0 Å². The van der Waals surface area contributed by atoms with Gasteiger partial charge in [-0.3, -0.25) is 4.79 Å². The molecule has 1 aliphatic rings. The Kier molecular flexibility index (Phi) is 3.18. The van der Waals surface area contributed by atoms with Crippen molar-refractivity contribution in [2.45, 2.75) is 40.2 Å². The first-order chi connectivity index (χ1) is 8.28. The van der Waals surface area contributed by atoms with Gasteiger partial charge in [0.1, 0.15) is 5.82 Å². The molecule has 0 spiro atoms. The van der Waals surface area contributed by atoms with E-state index in [0.717, 1.165) is 12.2 Å². The van der Waals surface area contributed by atoms with E-state index in [-0.39, 0.29) is 23.1 Å². The van der Waals surface area contributed by atoms with E-state index in [2.05, 4.69) is 32.6 Å². The van der Waals surface area contributed by atoms with Crippen LogP contribution in [-0.2, 0) is 0 Å². The van der Waals surface area contributed by atoms with Crippen molar-refractivity contribution in [1.82, 2.24) is 0 Å². The highest BCUT2D eigenvalue weighted by molar-refractivity contribution is 6.03. The van der Waals surface area contributed by atoms with Crippen molar-refractivity contribution in [3.05, 3.63) is 29.6 Å². The van der Waals surface area contributed by atoms with Crippen LogP contribution in [-0.4, -0.2) is 18.4 Å². The second kappa shape index (κ2) is 4.38. The molecule has 3 heteroatoms. The van der Waals surface area contributed by atoms with Crippen molar-refractivity contribution in [3.8, 4) is 0 Å². The number of nitrogens with zero attached hydrogens (tertiary/aromatic N) is 1. The predicted octanol–water partition coefficient (Wildman–Crippen LogP) is 3.65. The van der Waals surface area contributed by atoms with E-state index in [4.69, 9.17) is 0 Å². The summed E-state index contributed by atoms with van der Waals surface area (Å²) in [5.41, 5.74) is 1.53. The molecule has 0 bridgehead atoms. The van der Waals surface area contributed by atoms with Gasteiger partial charge in [-0.1, -0.05) is 20.8 Å². The first-order valence-corrected chi connectivity index (χ1v) is 6.37. The molecule has 0 fully saturated rings. The first-order valence-electron chi connectivity index (χ1n) is 6.37. The summed E-state index contributed by atoms with van der Waals surface area (Å²) in [6.45, 7) is 9.41. The molecule has 98 valence electrons. The van der Waals surface area contributed by atoms with Crippen LogP contribution in [0.1, 0.15) is 44.5 Å². The van der Waals surface area contributed by atoms with Gasteiger partial charge >= 0.3 is 0 Å². The minimum Gasteiger partial charge on any atom is -0.367 e. The maximum absolute atomic E-state index is 13.3. The summed E-state index contributed by atoms with van der Waals surface area (Å²) in [7, 11) is 0. The Labute approximate surface area is 108 Å². The van der Waals surface area contributed by atoms with E-state index < -0.39 is 0 Å². The monoisotopic (exact) mass is 249 g/mol. The summed E-state index contributed by atoms with van der Waals surface area (Å²) in [6.07, 6.45) is 0.465. The number of benzene rings is 1. The molecule has 0 aromatic heterocycles. The lowest BCUT2D eigenvalue weighted by molar-refractivity contribution is 0.0966. The van der Waals surface area contributed by atoms with Gasteiger partial charge in [-0.05, 0) is 30.5 Å². The van der Waals surface area contributed by atoms with Gasteiger partial charge < -0.3 is 4.90 Å². The van der Waals surface area contributed by atoms with Gasteiger partial charge in [-0.2, -0.15) is 0 Å². The third kappa shape index (κ3) is 2.55. The zero-order chi connectivity index (χ0) is 13.5. The minimum absolute atomic E-state index is 0.0437. The molecule has 0 radical (unpaired) electrons. The van der Waals surface area contributed by atoms with Crippen LogP contribution < -0.4 is 4.90 Å². The van der Waals surface area contributed by atoms with Crippen molar-refractivity contribution in [2.24, 2.45) is 5.41 Å². The Balaban J connectivity index is 2.43. The number of Topliss-reactive ketones (excluding diaryl/α,β-unsaturated/α-hetero) is 1. The molecule has 2 rings (SSSR count). The molecule has 0 N–H and O–H groups in total. The third-order valence-corrected chi connectivity index (χ3v) is 3.23. The van der Waals surface area contributed by atoms with Crippen LogP contribution in [0.15, 0.2) is 18.2 Å². The number of hydrogen-bond donors (Lipinski definition) is 0. The number of rotatable bonds is 1. The maximum Gasteiger partial charge on any atom is 0.167 e. The molecule has 0 saturated carbocycles. The summed E-state index contributed by atoms with van der Waals surface area (Å²) >= 11 is 0. The van der Waals surface area contributed by atoms with Gasteiger partial charge in [0.15, 0.2) is 5.78 Å². The predicted molar refractivity (Wildman–Crippen MR) is 71.6 cm³/mol. The van der Waals surface area contributed by atoms with E-state index in [1.807, 2.05) is 0 Å². The molecule has 18 heavy (non-hydrogen) atoms. The maximum atomic E-state index is 13.3. The van der Waals surface area contributed by atoms with Crippen LogP contribution in [0.2, 0.25) is 0 Å². The Morgan fingerprint density at radius 3 is 2.67 bits per heavy atom. The Bertz CT molecular complexity index is 476. The molecule has 0 saturated heterocycles. The number of ketones is 1. The fraction of sp³-hybridized carbons (Fsp3) is 0.533. The number of carbonyl (C=O) groups excluding carboxylic acids is 1. The number of carbonyl (C=O) groups is 1. The summed E-state index contributed by atoms with van der Waals surface area (Å²) in [4.78, 5) is 14.2. The fourth-order valence-corrected chi connectivity index (χ4v) is 2.46. The van der Waals surface area contributed by atoms with E-state index in [0.29, 0.717) is 12.0 Å². The van der Waals surface area contributed by atoms with Gasteiger partial charge in [0.2, 0.25) is 0 Å². The van der Waals surface area contributed by atoms with Crippen LogP contribution in [0, 0.1) is 11.2 Å². The highest BCUT2D eigenvalue weighted by atomic mass is 19.1. The second-order valence-electron chi connectivity index (χ2n) is 6.33. The smallest absolute Gasteiger partial charge is 0.167 e. The van der Waals surface area contributed by atoms with Crippen molar-refractivity contribution < 1.29 is 9.18 Å². The van der Waals surface area contributed by atoms with E-state index >= 15 is 0 Å². The highest BCUT2D eigenvalue weighted by Crippen LogP contribution is 2.33. The quantitative estimate of drug-likeness (QED) is 0.757. The lowest BCUT2D eigenvalue weighted by Crippen LogP contribution is -2.44. The lowest BCUT2D eigenvalue weighted by Gasteiger charge is -2.40. The minimum atomic E-state index is -0.340. The molecule has 1 atom stereocenters. The first kappa shape index (κ1) is 13.1. The fourth-order valence-electron chi connectivity index (χ4n) is 2.46. The van der Waals surface area contributed by atoms with Crippen molar-refractivity contribution in [2.75, 3.05) is 11.4 Å². The summed E-state index contributed by atoms with van der Waals surface area (Å²) in [5.74, 6) is -0.297. The molecule has 0 aliphatic carbocycles. The standard InChI is InChI=1S/C15H20FNO/c1-10-7-14(18)12-8-11(16)5-6-13(12)17(10)9-15(2,3)4/h5-6,8,10H,7,9H2,1-4H3. The van der Waals surface area contributed by atoms with Crippen LogP contribution >= 0.6 is 0 Å². The summed E-state index contributed by atoms with van der Waals surface area (Å²) in [5, 5.41) is 0. The second-order valence-corrected chi connectivity index (χ2v) is 6.33. The SMILES string of the molecule is CC1CC(=O)c2cc(F)ccc2N1CC(C)(C)C. The number of anilines is 1. The molecule has 1 aromatic rings. The zero-order valence-corrected chi connectivity index (χ0v) is 11.5. The van der Waals surface area contributed by atoms with Gasteiger partial charge in [0, 0.05) is 30.3 Å². The average Bonchev–Trinajstić information content (AvgIpc) is 2.23. The van der Waals surface area contributed by atoms with Gasteiger partial charge in [0.25, 0.3) is 0 Å². The molecule has 1 aromatic carbocycles. The highest BCUT2D eigenvalue weighted by Gasteiger charge is 2.31. The molecule has 0 amide bonds. The molecule has 1 heterocycles. The van der Waals surface area contributed by atoms with Crippen LogP contribution in [0.4, 0.5) is 10.1 Å². The molecule has 1 unspecified atom stereocenters. The van der Waals surface area contributed by atoms with Gasteiger partial charge in [-0.15, -0.1) is 0 Å². The van der Waals surface area contributed by atoms with Gasteiger partial charge in [0.05, 0.1) is 0 Å². The average molecular weight is 249 g/mol. The number of halogens is 1. The normalized spacial score (nSPS) is 19.9. The number of hydrogen-bond acceptors (Lipinski definition) is 2. The number of fused-ring (bicyclic) bond motifs is 1. The molecular formula is C15H20FNO. The topological polar surface area (TPSA) is 20.3 Å². The van der Waals surface area contributed by atoms with Crippen molar-refractivity contribution in [3.63, 3.8) is 0 Å². The summed E-state index contributed by atoms with van der Waals surface area (Å²) in [6, 6.07) is 4.69. The largest absolute Gasteiger partial charge is 0.367 e. The Morgan fingerprint density at radius 2 is 2.06 bits per heavy atom. The van der Waals surface area contributed by atoms with Crippen LogP contribution in [0.25, 0.3) is 0 Å². The van der Waals surface area contributed by atoms with E-state index in [9.17, 15) is 9.18 Å². The van der Waals surface area contributed by atoms with E-state index in [1.54, 1.807) is 6.07 Å². The molecule has 1 aliphatic heterocycles. The summed E-state index contributed by atoms with van der Waals surface area (Å²) < 4.78 is 13.3. The van der Waals surface area contributed by atoms with Crippen molar-refractivity contribution >= 4 is 11.5 Å². The molecular weight excluding hydrogens is 229 g/mol. The Morgan fingerprint density at radius 1 is 1.39 bits per heavy atom. The molecule has 2 nitrogen and oxygen atoms in total. The zero-order valence-electron chi connectivity index (χ0n) is 11.5. The third-order valence-electron chi connectivity index (χ3n) is 3.23. The van der Waals surface area contributed by atoms with E-state index in [1.165, 1.54) is 12.1 Å². The Hall–Kier alpha value is -1.38. The van der Waals surface area contributed by atoms with Crippen molar-refractivity contribution in [1.29, 1.82) is 0 Å². The lowest BCUT2D eigenvalue weighted by atomic mass is 9.90. The van der Waals surface area contributed by atoms with Crippen LogP contribution in [0.5, 0.6) is 0 Å².